The maximum absolute atomic E-state index is 4.90. The summed E-state index contributed by atoms with van der Waals surface area (Å²) in [6, 6.07) is 4.34. The van der Waals surface area contributed by atoms with Gasteiger partial charge >= 0.3 is 0 Å². The highest BCUT2D eigenvalue weighted by molar-refractivity contribution is 9.10. The molecular weight excluding hydrogens is 424 g/mol. The van der Waals surface area contributed by atoms with Crippen molar-refractivity contribution >= 4 is 32.8 Å². The number of hydrogen-bond acceptors (Lipinski definition) is 3. The van der Waals surface area contributed by atoms with Crippen molar-refractivity contribution in [3.8, 4) is 5.69 Å². The van der Waals surface area contributed by atoms with Gasteiger partial charge in [0.15, 0.2) is 5.65 Å². The van der Waals surface area contributed by atoms with Crippen molar-refractivity contribution in [3.63, 3.8) is 0 Å². The average Bonchev–Trinajstić information content (AvgIpc) is 2.96. The van der Waals surface area contributed by atoms with Gasteiger partial charge in [-0.2, -0.15) is 0 Å². The highest BCUT2D eigenvalue weighted by atomic mass is 79.9. The first-order chi connectivity index (χ1) is 13.8. The zero-order valence-electron chi connectivity index (χ0n) is 18.1. The Bertz CT molecular complexity index is 1040. The minimum atomic E-state index is 0.510. The zero-order valence-corrected chi connectivity index (χ0v) is 19.7. The molecule has 4 nitrogen and oxygen atoms in total. The van der Waals surface area contributed by atoms with E-state index >= 15 is 0 Å². The molecule has 3 aromatic rings. The van der Waals surface area contributed by atoms with Gasteiger partial charge in [0.1, 0.15) is 11.6 Å². The van der Waals surface area contributed by atoms with Crippen molar-refractivity contribution < 1.29 is 0 Å². The van der Waals surface area contributed by atoms with Gasteiger partial charge in [0.05, 0.1) is 11.1 Å². The van der Waals surface area contributed by atoms with Gasteiger partial charge in [-0.1, -0.05) is 29.8 Å². The Kier molecular flexibility index (Phi) is 5.45. The first kappa shape index (κ1) is 20.4. The van der Waals surface area contributed by atoms with Crippen LogP contribution in [0.3, 0.4) is 0 Å². The Labute approximate surface area is 182 Å². The number of hydrogen-bond donors (Lipinski definition) is 0. The highest BCUT2D eigenvalue weighted by Crippen LogP contribution is 2.35. The van der Waals surface area contributed by atoms with Gasteiger partial charge < -0.3 is 9.47 Å². The van der Waals surface area contributed by atoms with Crippen molar-refractivity contribution in [2.45, 2.75) is 47.5 Å². The number of rotatable bonds is 3. The van der Waals surface area contributed by atoms with Crippen LogP contribution in [0.4, 0.5) is 5.82 Å². The average molecular weight is 454 g/mol. The molecule has 1 atom stereocenters. The molecule has 4 rings (SSSR count). The molecule has 5 heteroatoms. The second-order valence-electron chi connectivity index (χ2n) is 8.67. The van der Waals surface area contributed by atoms with Crippen LogP contribution >= 0.6 is 15.9 Å². The quantitative estimate of drug-likeness (QED) is 0.479. The van der Waals surface area contributed by atoms with E-state index in [9.17, 15) is 0 Å². The van der Waals surface area contributed by atoms with E-state index in [1.165, 1.54) is 40.6 Å². The third-order valence-corrected chi connectivity index (χ3v) is 6.73. The zero-order chi connectivity index (χ0) is 20.9. The molecule has 1 aromatic carbocycles. The predicted molar refractivity (Wildman–Crippen MR) is 125 cm³/mol. The molecule has 1 fully saturated rings. The number of benzene rings is 1. The molecular formula is C24H30BrN4. The number of aromatic nitrogens is 3. The second kappa shape index (κ2) is 7.75. The molecule has 153 valence electrons. The number of piperidine rings is 1. The summed E-state index contributed by atoms with van der Waals surface area (Å²) in [5.41, 5.74) is 5.91. The van der Waals surface area contributed by atoms with Crippen LogP contribution < -0.4 is 4.90 Å². The fourth-order valence-corrected chi connectivity index (χ4v) is 5.44. The highest BCUT2D eigenvalue weighted by Gasteiger charge is 2.26. The Morgan fingerprint density at radius 1 is 1.03 bits per heavy atom. The molecule has 1 saturated heterocycles. The van der Waals surface area contributed by atoms with Gasteiger partial charge in [-0.15, -0.1) is 0 Å². The van der Waals surface area contributed by atoms with Gasteiger partial charge in [-0.25, -0.2) is 9.97 Å². The SMILES string of the molecule is [CH2]C(C)C1CCN(c2nc(C)nc3c2c(C)cn3-c2c(C)cc(Br)cc2C)CC1. The summed E-state index contributed by atoms with van der Waals surface area (Å²) in [5.74, 6) is 3.14. The van der Waals surface area contributed by atoms with Crippen molar-refractivity contribution in [1.29, 1.82) is 0 Å². The summed E-state index contributed by atoms with van der Waals surface area (Å²) in [6.45, 7) is 17.1. The van der Waals surface area contributed by atoms with E-state index in [0.29, 0.717) is 11.8 Å². The summed E-state index contributed by atoms with van der Waals surface area (Å²) < 4.78 is 3.36. The summed E-state index contributed by atoms with van der Waals surface area (Å²) in [6.07, 6.45) is 4.58. The number of aryl methyl sites for hydroxylation is 4. The molecule has 1 unspecified atom stereocenters. The summed E-state index contributed by atoms with van der Waals surface area (Å²) >= 11 is 3.62. The molecule has 0 amide bonds. The normalized spacial score (nSPS) is 15.7. The third-order valence-electron chi connectivity index (χ3n) is 6.27. The lowest BCUT2D eigenvalue weighted by atomic mass is 9.86. The lowest BCUT2D eigenvalue weighted by Crippen LogP contribution is -2.36. The molecule has 0 aliphatic carbocycles. The second-order valence-corrected chi connectivity index (χ2v) is 9.58. The van der Waals surface area contributed by atoms with Crippen molar-refractivity contribution in [2.75, 3.05) is 18.0 Å². The molecule has 1 radical (unpaired) electrons. The van der Waals surface area contributed by atoms with E-state index in [0.717, 1.165) is 34.9 Å². The molecule has 0 bridgehead atoms. The van der Waals surface area contributed by atoms with Crippen LogP contribution in [0.5, 0.6) is 0 Å². The number of anilines is 1. The van der Waals surface area contributed by atoms with Crippen LogP contribution in [0, 0.1) is 46.5 Å². The molecule has 0 spiro atoms. The van der Waals surface area contributed by atoms with E-state index in [1.54, 1.807) is 0 Å². The molecule has 1 aliphatic rings. The molecule has 2 aromatic heterocycles. The minimum Gasteiger partial charge on any atom is -0.356 e. The maximum Gasteiger partial charge on any atom is 0.150 e. The van der Waals surface area contributed by atoms with E-state index in [4.69, 9.17) is 9.97 Å². The Morgan fingerprint density at radius 2 is 1.66 bits per heavy atom. The third kappa shape index (κ3) is 3.70. The predicted octanol–water partition coefficient (Wildman–Crippen LogP) is 6.10. The smallest absolute Gasteiger partial charge is 0.150 e. The van der Waals surface area contributed by atoms with Crippen LogP contribution in [0.2, 0.25) is 0 Å². The molecule has 3 heterocycles. The van der Waals surface area contributed by atoms with E-state index in [2.05, 4.69) is 78.3 Å². The molecule has 1 aliphatic heterocycles. The van der Waals surface area contributed by atoms with Crippen LogP contribution in [0.25, 0.3) is 16.7 Å². The Hall–Kier alpha value is -1.88. The van der Waals surface area contributed by atoms with Crippen LogP contribution in [0.15, 0.2) is 22.8 Å². The van der Waals surface area contributed by atoms with E-state index < -0.39 is 0 Å². The molecule has 29 heavy (non-hydrogen) atoms. The monoisotopic (exact) mass is 453 g/mol. The number of fused-ring (bicyclic) bond motifs is 1. The fraction of sp³-hybridized carbons (Fsp3) is 0.458. The fourth-order valence-electron chi connectivity index (χ4n) is 4.75. The van der Waals surface area contributed by atoms with Gasteiger partial charge in [0, 0.05) is 23.8 Å². The topological polar surface area (TPSA) is 34.0 Å². The standard InChI is InChI=1S/C24H30BrN4/c1-14(2)19-7-9-28(10-8-19)23-21-17(5)13-29(24(21)27-18(6)26-23)22-15(3)11-20(25)12-16(22)4/h11-14,19H,1,7-10H2,2-6H3. The minimum absolute atomic E-state index is 0.510. The van der Waals surface area contributed by atoms with E-state index in [-0.39, 0.29) is 0 Å². The number of nitrogens with zero attached hydrogens (tertiary/aromatic N) is 4. The van der Waals surface area contributed by atoms with Crippen molar-refractivity contribution in [1.82, 2.24) is 14.5 Å². The largest absolute Gasteiger partial charge is 0.356 e. The van der Waals surface area contributed by atoms with Gasteiger partial charge in [-0.3, -0.25) is 0 Å². The van der Waals surface area contributed by atoms with E-state index in [1.807, 2.05) is 6.92 Å². The molecule has 0 N–H and O–H groups in total. The van der Waals surface area contributed by atoms with Crippen LogP contribution in [-0.4, -0.2) is 27.6 Å². The Balaban J connectivity index is 1.84. The van der Waals surface area contributed by atoms with Crippen molar-refractivity contribution in [3.05, 3.63) is 52.2 Å². The lowest BCUT2D eigenvalue weighted by Gasteiger charge is -2.35. The molecule has 0 saturated carbocycles. The summed E-state index contributed by atoms with van der Waals surface area (Å²) in [5, 5.41) is 1.18. The van der Waals surface area contributed by atoms with Crippen LogP contribution in [0.1, 0.15) is 42.3 Å². The lowest BCUT2D eigenvalue weighted by molar-refractivity contribution is 0.333. The van der Waals surface area contributed by atoms with Gasteiger partial charge in [-0.05, 0) is 81.2 Å². The van der Waals surface area contributed by atoms with Gasteiger partial charge in [0.2, 0.25) is 0 Å². The maximum atomic E-state index is 4.90. The first-order valence-corrected chi connectivity index (χ1v) is 11.3. The summed E-state index contributed by atoms with van der Waals surface area (Å²) in [7, 11) is 0. The van der Waals surface area contributed by atoms with Crippen LogP contribution in [-0.2, 0) is 0 Å². The first-order valence-electron chi connectivity index (χ1n) is 10.5. The van der Waals surface area contributed by atoms with Crippen molar-refractivity contribution in [2.24, 2.45) is 11.8 Å². The Morgan fingerprint density at radius 3 is 2.24 bits per heavy atom. The number of halogens is 1. The van der Waals surface area contributed by atoms with Gasteiger partial charge in [0.25, 0.3) is 0 Å². The summed E-state index contributed by atoms with van der Waals surface area (Å²) in [4.78, 5) is 12.2.